The van der Waals surface area contributed by atoms with Crippen molar-refractivity contribution in [3.63, 3.8) is 0 Å². The predicted molar refractivity (Wildman–Crippen MR) is 224 cm³/mol. The normalized spacial score (nSPS) is 13.0. The summed E-state index contributed by atoms with van der Waals surface area (Å²) in [6, 6.07) is 75.1. The van der Waals surface area contributed by atoms with E-state index in [4.69, 9.17) is 4.98 Å². The molecule has 0 N–H and O–H groups in total. The van der Waals surface area contributed by atoms with Crippen LogP contribution in [0.25, 0.3) is 71.9 Å². The number of para-hydroxylation sites is 1. The van der Waals surface area contributed by atoms with Gasteiger partial charge in [0.05, 0.1) is 22.3 Å². The van der Waals surface area contributed by atoms with Crippen LogP contribution in [-0.2, 0) is 5.41 Å². The zero-order valence-electron chi connectivity index (χ0n) is 29.5. The van der Waals surface area contributed by atoms with Gasteiger partial charge in [0.1, 0.15) is 5.82 Å². The van der Waals surface area contributed by atoms with Crippen molar-refractivity contribution in [1.82, 2.24) is 9.55 Å². The van der Waals surface area contributed by atoms with Crippen LogP contribution in [0.2, 0.25) is 0 Å². The average Bonchev–Trinajstić information content (AvgIpc) is 3.75. The van der Waals surface area contributed by atoms with E-state index in [0.717, 1.165) is 33.7 Å². The lowest BCUT2D eigenvalue weighted by Gasteiger charge is -2.33. The van der Waals surface area contributed by atoms with Crippen LogP contribution in [0.1, 0.15) is 22.3 Å². The lowest BCUT2D eigenvalue weighted by molar-refractivity contribution is 0.775. The van der Waals surface area contributed by atoms with E-state index in [1.54, 1.807) is 0 Å². The Morgan fingerprint density at radius 2 is 0.963 bits per heavy atom. The minimum Gasteiger partial charge on any atom is -0.293 e. The molecule has 2 heteroatoms. The van der Waals surface area contributed by atoms with E-state index >= 15 is 0 Å². The largest absolute Gasteiger partial charge is 0.293 e. The molecule has 2 nitrogen and oxygen atoms in total. The monoisotopic (exact) mass is 686 g/mol. The van der Waals surface area contributed by atoms with Crippen LogP contribution in [0.3, 0.4) is 0 Å². The topological polar surface area (TPSA) is 17.8 Å². The Hall–Kier alpha value is -7.03. The fourth-order valence-electron chi connectivity index (χ4n) is 9.07. The fraction of sp³-hybridized carbons (Fsp3) is 0.0192. The minimum atomic E-state index is -0.531. The van der Waals surface area contributed by atoms with Crippen molar-refractivity contribution < 1.29 is 0 Å². The van der Waals surface area contributed by atoms with Gasteiger partial charge in [-0.2, -0.15) is 0 Å². The molecule has 0 amide bonds. The van der Waals surface area contributed by atoms with E-state index < -0.39 is 5.41 Å². The molecule has 0 saturated heterocycles. The second-order valence-corrected chi connectivity index (χ2v) is 14.3. The Morgan fingerprint density at radius 1 is 0.407 bits per heavy atom. The first-order valence-electron chi connectivity index (χ1n) is 18.6. The van der Waals surface area contributed by atoms with Crippen LogP contribution in [0.15, 0.2) is 206 Å². The average molecular weight is 687 g/mol. The lowest BCUT2D eigenvalue weighted by Crippen LogP contribution is -2.28. The Morgan fingerprint density at radius 3 is 1.67 bits per heavy atom. The molecule has 0 fully saturated rings. The molecule has 10 aromatic rings. The Bertz CT molecular complexity index is 2910. The number of hydrogen-bond donors (Lipinski definition) is 0. The lowest BCUT2D eigenvalue weighted by atomic mass is 9.67. The van der Waals surface area contributed by atoms with Gasteiger partial charge in [-0.15, -0.1) is 0 Å². The molecule has 0 bridgehead atoms. The van der Waals surface area contributed by atoms with Crippen LogP contribution in [0.5, 0.6) is 0 Å². The second kappa shape index (κ2) is 12.0. The van der Waals surface area contributed by atoms with Gasteiger partial charge in [0, 0.05) is 22.1 Å². The maximum atomic E-state index is 5.60. The summed E-state index contributed by atoms with van der Waals surface area (Å²) in [5.41, 5.74) is 12.4. The zero-order valence-corrected chi connectivity index (χ0v) is 29.5. The highest BCUT2D eigenvalue weighted by Gasteiger charge is 2.49. The van der Waals surface area contributed by atoms with Crippen LogP contribution < -0.4 is 0 Å². The van der Waals surface area contributed by atoms with Crippen molar-refractivity contribution in [2.75, 3.05) is 0 Å². The van der Waals surface area contributed by atoms with Gasteiger partial charge in [0.15, 0.2) is 0 Å². The molecule has 0 atom stereocenters. The number of aromatic nitrogens is 2. The van der Waals surface area contributed by atoms with E-state index in [2.05, 4.69) is 211 Å². The number of pyridine rings is 1. The molecule has 11 rings (SSSR count). The number of rotatable bonds is 5. The molecule has 1 aliphatic carbocycles. The smallest absolute Gasteiger partial charge is 0.138 e. The highest BCUT2D eigenvalue weighted by Crippen LogP contribution is 2.59. The van der Waals surface area contributed by atoms with Gasteiger partial charge in [-0.05, 0) is 79.7 Å². The second-order valence-electron chi connectivity index (χ2n) is 14.3. The van der Waals surface area contributed by atoms with Crippen LogP contribution >= 0.6 is 0 Å². The maximum Gasteiger partial charge on any atom is 0.138 e. The van der Waals surface area contributed by atoms with Crippen molar-refractivity contribution in [3.05, 3.63) is 229 Å². The zero-order chi connectivity index (χ0) is 35.6. The first kappa shape index (κ1) is 30.6. The van der Waals surface area contributed by atoms with Gasteiger partial charge in [-0.3, -0.25) is 4.57 Å². The summed E-state index contributed by atoms with van der Waals surface area (Å²) < 4.78 is 2.44. The molecule has 0 saturated carbocycles. The molecule has 54 heavy (non-hydrogen) atoms. The fourth-order valence-corrected chi connectivity index (χ4v) is 9.07. The van der Waals surface area contributed by atoms with Crippen molar-refractivity contribution in [1.29, 1.82) is 0 Å². The van der Waals surface area contributed by atoms with Gasteiger partial charge in [0.2, 0.25) is 0 Å². The van der Waals surface area contributed by atoms with Crippen LogP contribution in [0.4, 0.5) is 0 Å². The van der Waals surface area contributed by atoms with E-state index in [0.29, 0.717) is 0 Å². The number of nitrogens with zero attached hydrogens (tertiary/aromatic N) is 2. The number of hydrogen-bond acceptors (Lipinski definition) is 1. The first-order valence-corrected chi connectivity index (χ1v) is 18.6. The molecule has 2 aromatic heterocycles. The van der Waals surface area contributed by atoms with Crippen molar-refractivity contribution in [2.45, 2.75) is 5.41 Å². The summed E-state index contributed by atoms with van der Waals surface area (Å²) in [6.07, 6.45) is 0. The molecular weight excluding hydrogens is 653 g/mol. The molecule has 0 unspecified atom stereocenters. The first-order chi connectivity index (χ1) is 26.8. The van der Waals surface area contributed by atoms with Crippen LogP contribution in [-0.4, -0.2) is 9.55 Å². The third kappa shape index (κ3) is 4.50. The Labute approximate surface area is 314 Å². The summed E-state index contributed by atoms with van der Waals surface area (Å²) in [6.45, 7) is 0. The standard InChI is InChI=1S/C52H34N2/c1-3-19-42(20-4-1)52(43-21-5-2-6-22-43)46-25-13-11-23-44(46)51-50(52)45-24-12-14-26-48(45)54(51)49-34-41(39-29-27-35-15-7-9-17-37(35)31-39)33-47(53-49)40-30-28-36-16-8-10-18-38(36)32-40/h1-34H. The molecule has 0 radical (unpaired) electrons. The van der Waals surface area contributed by atoms with Crippen molar-refractivity contribution in [3.8, 4) is 39.5 Å². The highest BCUT2D eigenvalue weighted by atomic mass is 15.1. The number of fused-ring (bicyclic) bond motifs is 7. The van der Waals surface area contributed by atoms with Gasteiger partial charge >= 0.3 is 0 Å². The quantitative estimate of drug-likeness (QED) is 0.176. The third-order valence-corrected chi connectivity index (χ3v) is 11.4. The summed E-state index contributed by atoms with van der Waals surface area (Å²) in [4.78, 5) is 5.60. The van der Waals surface area contributed by atoms with Gasteiger partial charge < -0.3 is 0 Å². The molecular formula is C52H34N2. The van der Waals surface area contributed by atoms with E-state index in [1.165, 1.54) is 60.4 Å². The predicted octanol–water partition coefficient (Wildman–Crippen LogP) is 13.0. The number of benzene rings is 8. The highest BCUT2D eigenvalue weighted by molar-refractivity contribution is 6.02. The Kier molecular flexibility index (Phi) is 6.80. The molecule has 8 aromatic carbocycles. The Balaban J connectivity index is 1.26. The van der Waals surface area contributed by atoms with E-state index in [9.17, 15) is 0 Å². The molecule has 1 aliphatic rings. The maximum absolute atomic E-state index is 5.60. The minimum absolute atomic E-state index is 0.531. The molecule has 2 heterocycles. The summed E-state index contributed by atoms with van der Waals surface area (Å²) >= 11 is 0. The van der Waals surface area contributed by atoms with E-state index in [-0.39, 0.29) is 0 Å². The summed E-state index contributed by atoms with van der Waals surface area (Å²) in [5.74, 6) is 0.896. The summed E-state index contributed by atoms with van der Waals surface area (Å²) in [7, 11) is 0. The van der Waals surface area contributed by atoms with Gasteiger partial charge in [0.25, 0.3) is 0 Å². The van der Waals surface area contributed by atoms with Crippen molar-refractivity contribution >= 4 is 32.4 Å². The third-order valence-electron chi connectivity index (χ3n) is 11.4. The van der Waals surface area contributed by atoms with Gasteiger partial charge in [-0.1, -0.05) is 176 Å². The molecule has 252 valence electrons. The van der Waals surface area contributed by atoms with E-state index in [1.807, 2.05) is 0 Å². The van der Waals surface area contributed by atoms with Crippen molar-refractivity contribution in [2.24, 2.45) is 0 Å². The van der Waals surface area contributed by atoms with Gasteiger partial charge in [-0.25, -0.2) is 4.98 Å². The molecule has 0 aliphatic heterocycles. The SMILES string of the molecule is c1ccc(C2(c3ccccc3)c3ccccc3-c3c2c2ccccc2n3-c2cc(-c3ccc4ccccc4c3)cc(-c3ccc4ccccc4c3)n2)cc1. The summed E-state index contributed by atoms with van der Waals surface area (Å²) in [5, 5.41) is 6.09. The molecule has 0 spiro atoms. The van der Waals surface area contributed by atoms with Crippen LogP contribution in [0, 0.1) is 0 Å².